The van der Waals surface area contributed by atoms with Crippen LogP contribution in [0.5, 0.6) is 5.75 Å². The Morgan fingerprint density at radius 2 is 2.05 bits per heavy atom. The second-order valence-corrected chi connectivity index (χ2v) is 5.21. The molecule has 0 bridgehead atoms. The van der Waals surface area contributed by atoms with E-state index in [-0.39, 0.29) is 12.5 Å². The van der Waals surface area contributed by atoms with Gasteiger partial charge in [-0.2, -0.15) is 4.98 Å². The SMILES string of the molecule is Cc1ccc([C@@H](C)O)c(OCc2noc(C(C)C)n2)c1. The summed E-state index contributed by atoms with van der Waals surface area (Å²) in [6, 6.07) is 5.71. The van der Waals surface area contributed by atoms with E-state index >= 15 is 0 Å². The summed E-state index contributed by atoms with van der Waals surface area (Å²) >= 11 is 0. The van der Waals surface area contributed by atoms with Gasteiger partial charge in [0, 0.05) is 11.5 Å². The molecule has 108 valence electrons. The van der Waals surface area contributed by atoms with Crippen LogP contribution in [0.15, 0.2) is 22.7 Å². The van der Waals surface area contributed by atoms with Crippen molar-refractivity contribution in [1.29, 1.82) is 0 Å². The second-order valence-electron chi connectivity index (χ2n) is 5.21. The van der Waals surface area contributed by atoms with Crippen molar-refractivity contribution in [1.82, 2.24) is 10.1 Å². The number of aliphatic hydroxyl groups excluding tert-OH is 1. The van der Waals surface area contributed by atoms with Gasteiger partial charge in [-0.25, -0.2) is 0 Å². The molecule has 20 heavy (non-hydrogen) atoms. The summed E-state index contributed by atoms with van der Waals surface area (Å²) in [5.41, 5.74) is 1.82. The van der Waals surface area contributed by atoms with Gasteiger partial charge in [-0.1, -0.05) is 31.1 Å². The van der Waals surface area contributed by atoms with Crippen LogP contribution in [0.25, 0.3) is 0 Å². The predicted octanol–water partition coefficient (Wildman–Crippen LogP) is 3.13. The molecule has 2 aromatic rings. The number of aliphatic hydroxyl groups is 1. The van der Waals surface area contributed by atoms with Crippen LogP contribution in [0, 0.1) is 6.92 Å². The monoisotopic (exact) mass is 276 g/mol. The molecule has 1 aromatic heterocycles. The van der Waals surface area contributed by atoms with Crippen LogP contribution < -0.4 is 4.74 Å². The lowest BCUT2D eigenvalue weighted by molar-refractivity contribution is 0.189. The van der Waals surface area contributed by atoms with Crippen LogP contribution in [0.3, 0.4) is 0 Å². The maximum absolute atomic E-state index is 9.74. The first-order valence-electron chi connectivity index (χ1n) is 6.71. The van der Waals surface area contributed by atoms with Crippen LogP contribution in [0.1, 0.15) is 55.6 Å². The van der Waals surface area contributed by atoms with Gasteiger partial charge in [0.05, 0.1) is 6.10 Å². The minimum atomic E-state index is -0.581. The average molecular weight is 276 g/mol. The molecule has 0 aliphatic rings. The van der Waals surface area contributed by atoms with Crippen molar-refractivity contribution in [3.63, 3.8) is 0 Å². The van der Waals surface area contributed by atoms with Gasteiger partial charge in [0.1, 0.15) is 5.75 Å². The minimum absolute atomic E-state index is 0.197. The van der Waals surface area contributed by atoms with Gasteiger partial charge in [0.15, 0.2) is 6.61 Å². The first kappa shape index (κ1) is 14.5. The van der Waals surface area contributed by atoms with Gasteiger partial charge in [-0.3, -0.25) is 0 Å². The average Bonchev–Trinajstić information content (AvgIpc) is 2.85. The van der Waals surface area contributed by atoms with Gasteiger partial charge < -0.3 is 14.4 Å². The molecule has 0 fully saturated rings. The van der Waals surface area contributed by atoms with Crippen molar-refractivity contribution in [2.45, 2.75) is 46.3 Å². The Kier molecular flexibility index (Phi) is 4.39. The summed E-state index contributed by atoms with van der Waals surface area (Å²) in [5.74, 6) is 1.95. The summed E-state index contributed by atoms with van der Waals surface area (Å²) < 4.78 is 10.8. The van der Waals surface area contributed by atoms with E-state index in [9.17, 15) is 5.11 Å². The van der Waals surface area contributed by atoms with Gasteiger partial charge in [0.25, 0.3) is 0 Å². The van der Waals surface area contributed by atoms with Crippen LogP contribution in [-0.4, -0.2) is 15.2 Å². The molecule has 0 radical (unpaired) electrons. The fourth-order valence-electron chi connectivity index (χ4n) is 1.81. The molecular formula is C15H20N2O3. The van der Waals surface area contributed by atoms with E-state index in [1.165, 1.54) is 0 Å². The Balaban J connectivity index is 2.11. The number of aryl methyl sites for hydroxylation is 1. The van der Waals surface area contributed by atoms with Gasteiger partial charge in [-0.05, 0) is 25.5 Å². The molecule has 0 saturated carbocycles. The third kappa shape index (κ3) is 3.36. The Labute approximate surface area is 118 Å². The summed E-state index contributed by atoms with van der Waals surface area (Å²) in [5, 5.41) is 13.6. The number of hydrogen-bond acceptors (Lipinski definition) is 5. The first-order chi connectivity index (χ1) is 9.47. The smallest absolute Gasteiger partial charge is 0.229 e. The Morgan fingerprint density at radius 1 is 1.30 bits per heavy atom. The fourth-order valence-corrected chi connectivity index (χ4v) is 1.81. The second kappa shape index (κ2) is 6.05. The van der Waals surface area contributed by atoms with E-state index < -0.39 is 6.10 Å². The highest BCUT2D eigenvalue weighted by Crippen LogP contribution is 2.27. The van der Waals surface area contributed by atoms with Crippen molar-refractivity contribution in [2.75, 3.05) is 0 Å². The van der Waals surface area contributed by atoms with Crippen molar-refractivity contribution < 1.29 is 14.4 Å². The van der Waals surface area contributed by atoms with Crippen LogP contribution >= 0.6 is 0 Å². The van der Waals surface area contributed by atoms with Gasteiger partial charge in [0.2, 0.25) is 11.7 Å². The molecule has 2 rings (SSSR count). The minimum Gasteiger partial charge on any atom is -0.485 e. The molecule has 0 unspecified atom stereocenters. The van der Waals surface area contributed by atoms with E-state index in [4.69, 9.17) is 9.26 Å². The topological polar surface area (TPSA) is 68.4 Å². The van der Waals surface area contributed by atoms with E-state index in [0.717, 1.165) is 11.1 Å². The maximum atomic E-state index is 9.74. The first-order valence-corrected chi connectivity index (χ1v) is 6.71. The largest absolute Gasteiger partial charge is 0.485 e. The molecular weight excluding hydrogens is 256 g/mol. The normalized spacial score (nSPS) is 12.7. The zero-order chi connectivity index (χ0) is 14.7. The highest BCUT2D eigenvalue weighted by atomic mass is 16.5. The summed E-state index contributed by atoms with van der Waals surface area (Å²) in [4.78, 5) is 4.26. The molecule has 1 atom stereocenters. The number of rotatable bonds is 5. The van der Waals surface area contributed by atoms with E-state index in [0.29, 0.717) is 17.5 Å². The summed E-state index contributed by atoms with van der Waals surface area (Å²) in [7, 11) is 0. The maximum Gasteiger partial charge on any atom is 0.229 e. The zero-order valence-electron chi connectivity index (χ0n) is 12.3. The van der Waals surface area contributed by atoms with Crippen molar-refractivity contribution >= 4 is 0 Å². The van der Waals surface area contributed by atoms with Crippen molar-refractivity contribution in [3.8, 4) is 5.75 Å². The molecule has 0 aliphatic carbocycles. The summed E-state index contributed by atoms with van der Waals surface area (Å²) in [6.07, 6.45) is -0.581. The molecule has 1 heterocycles. The number of aromatic nitrogens is 2. The highest BCUT2D eigenvalue weighted by molar-refractivity contribution is 5.38. The molecule has 0 spiro atoms. The lowest BCUT2D eigenvalue weighted by atomic mass is 10.1. The zero-order valence-corrected chi connectivity index (χ0v) is 12.3. The molecule has 5 heteroatoms. The Bertz CT molecular complexity index is 576. The Morgan fingerprint density at radius 3 is 2.65 bits per heavy atom. The lowest BCUT2D eigenvalue weighted by Crippen LogP contribution is -2.03. The number of benzene rings is 1. The highest BCUT2D eigenvalue weighted by Gasteiger charge is 2.13. The number of hydrogen-bond donors (Lipinski definition) is 1. The standard InChI is InChI=1S/C15H20N2O3/c1-9(2)15-16-14(17-20-15)8-19-13-7-10(3)5-6-12(13)11(4)18/h5-7,9,11,18H,8H2,1-4H3/t11-/m1/s1. The predicted molar refractivity (Wildman–Crippen MR) is 74.5 cm³/mol. The fraction of sp³-hybridized carbons (Fsp3) is 0.467. The third-order valence-electron chi connectivity index (χ3n) is 2.95. The molecule has 1 aromatic carbocycles. The number of ether oxygens (including phenoxy) is 1. The van der Waals surface area contributed by atoms with Gasteiger partial charge >= 0.3 is 0 Å². The number of nitrogens with zero attached hydrogens (tertiary/aromatic N) is 2. The molecule has 0 aliphatic heterocycles. The lowest BCUT2D eigenvalue weighted by Gasteiger charge is -2.13. The van der Waals surface area contributed by atoms with Crippen LogP contribution in [0.4, 0.5) is 0 Å². The quantitative estimate of drug-likeness (QED) is 0.908. The Hall–Kier alpha value is -1.88. The van der Waals surface area contributed by atoms with E-state index in [1.807, 2.05) is 39.0 Å². The molecule has 0 saturated heterocycles. The van der Waals surface area contributed by atoms with Gasteiger partial charge in [-0.15, -0.1) is 0 Å². The third-order valence-corrected chi connectivity index (χ3v) is 2.95. The molecule has 0 amide bonds. The van der Waals surface area contributed by atoms with Crippen LogP contribution in [0.2, 0.25) is 0 Å². The molecule has 1 N–H and O–H groups in total. The van der Waals surface area contributed by atoms with Crippen molar-refractivity contribution in [3.05, 3.63) is 41.0 Å². The van der Waals surface area contributed by atoms with E-state index in [2.05, 4.69) is 10.1 Å². The van der Waals surface area contributed by atoms with Crippen LogP contribution in [-0.2, 0) is 6.61 Å². The van der Waals surface area contributed by atoms with E-state index in [1.54, 1.807) is 6.92 Å². The van der Waals surface area contributed by atoms with Crippen molar-refractivity contribution in [2.24, 2.45) is 0 Å². The molecule has 5 nitrogen and oxygen atoms in total. The summed E-state index contributed by atoms with van der Waals surface area (Å²) in [6.45, 7) is 7.89.